The number of ether oxygens (including phenoxy) is 4. The molecular weight excluding hydrogens is 845 g/mol. The Labute approximate surface area is 369 Å². The Morgan fingerprint density at radius 2 is 1.40 bits per heavy atom. The van der Waals surface area contributed by atoms with Crippen molar-refractivity contribution in [3.05, 3.63) is 70.5 Å². The molecule has 20 heteroatoms. The third kappa shape index (κ3) is 9.40. The number of aromatic nitrogens is 4. The number of H-pyrrole nitrogens is 2. The summed E-state index contributed by atoms with van der Waals surface area (Å²) in [5.74, 6) is -0.0428. The molecule has 7 N–H and O–H groups in total. The topological polar surface area (TPSA) is 239 Å². The van der Waals surface area contributed by atoms with Crippen LogP contribution in [0.2, 0.25) is 10.3 Å². The first-order valence-electron chi connectivity index (χ1n) is 20.1. The highest BCUT2D eigenvalue weighted by Gasteiger charge is 2.50. The first-order valence-corrected chi connectivity index (χ1v) is 20.8. The second-order valence-corrected chi connectivity index (χ2v) is 16.4. The zero-order valence-electron chi connectivity index (χ0n) is 35.5. The van der Waals surface area contributed by atoms with E-state index in [1.807, 2.05) is 55.5 Å². The third-order valence-electron chi connectivity index (χ3n) is 11.8. The molecule has 0 saturated carbocycles. The van der Waals surface area contributed by atoms with Crippen LogP contribution >= 0.6 is 23.2 Å². The lowest BCUT2D eigenvalue weighted by Crippen LogP contribution is -2.71. The number of hydrogen-bond donors (Lipinski definition) is 6. The van der Waals surface area contributed by atoms with Crippen molar-refractivity contribution in [2.75, 3.05) is 41.6 Å². The predicted molar refractivity (Wildman–Crippen MR) is 230 cm³/mol. The van der Waals surface area contributed by atoms with Gasteiger partial charge >= 0.3 is 12.2 Å². The normalized spacial score (nSPS) is 21.3. The number of nitrogens with one attached hydrogen (secondary N) is 4. The number of nitrogens with two attached hydrogens (primary N) is 1. The number of nitrogens with zero attached hydrogens (tertiary/aromatic N) is 4. The summed E-state index contributed by atoms with van der Waals surface area (Å²) in [6.45, 7) is 5.87. The second-order valence-electron chi connectivity index (χ2n) is 15.7. The summed E-state index contributed by atoms with van der Waals surface area (Å²) in [4.78, 5) is 71.0. The van der Waals surface area contributed by atoms with Gasteiger partial charge < -0.3 is 49.1 Å². The third-order valence-corrected chi connectivity index (χ3v) is 12.4. The molecule has 4 amide bonds. The van der Waals surface area contributed by atoms with Gasteiger partial charge in [-0.1, -0.05) is 71.7 Å². The van der Waals surface area contributed by atoms with Crippen molar-refractivity contribution in [2.24, 2.45) is 11.7 Å². The van der Waals surface area contributed by atoms with Crippen LogP contribution in [-0.4, -0.2) is 130 Å². The van der Waals surface area contributed by atoms with Gasteiger partial charge in [-0.3, -0.25) is 20.6 Å². The number of rotatable bonds is 15. The lowest BCUT2D eigenvalue weighted by Gasteiger charge is -2.39. The number of methoxy groups -OCH3 is 4. The Balaban J connectivity index is 1.19. The SMILES string of the molecule is COC[C@H]1C[C@@H](c2nc(-c3ccc(-c4ccc(-c5nc([C@@H]6CC[C@H](C)N6C(=O)[C@@](N)(NC(=O)OC)[C@@H](C)OC)[nH]c5Cl)cc4)cc3)c(Cl)[nH]2)N(C(=O)[C@@H](NC(=O)O)[C@@H](C)OC)C1. The van der Waals surface area contributed by atoms with E-state index in [-0.39, 0.29) is 12.0 Å². The minimum Gasteiger partial charge on any atom is -0.465 e. The highest BCUT2D eigenvalue weighted by molar-refractivity contribution is 6.32. The van der Waals surface area contributed by atoms with Crippen LogP contribution < -0.4 is 16.4 Å². The number of alkyl carbamates (subject to hydrolysis) is 1. The standard InChI is InChI=1S/C42H53Cl2N9O9/c1-21-8-17-29(53(21)39(55)42(45,23(3)61-6)51-41(58)62-7)36-46-32(34(43)49-36)27-13-9-25(10-14-27)26-11-15-28(16-12-26)33-35(44)50-37(47-33)30-18-24(20-59-4)19-52(30)38(54)31(22(2)60-5)48-40(56)57/h9-16,21-24,29-31,48H,8,17-20,45H2,1-7H3,(H,46,49)(H,47,50)(H,51,58)(H,56,57)/t21-,22+,23+,24-,29-,30-,31-,42-/m0/s1. The molecule has 2 saturated heterocycles. The van der Waals surface area contributed by atoms with Gasteiger partial charge in [-0.25, -0.2) is 19.6 Å². The molecule has 2 fully saturated rings. The minimum atomic E-state index is -1.91. The Kier molecular flexibility index (Phi) is 14.5. The Morgan fingerprint density at radius 1 is 0.871 bits per heavy atom. The van der Waals surface area contributed by atoms with Crippen LogP contribution in [0.5, 0.6) is 0 Å². The van der Waals surface area contributed by atoms with Gasteiger partial charge in [-0.15, -0.1) is 0 Å². The fourth-order valence-electron chi connectivity index (χ4n) is 8.23. The molecule has 62 heavy (non-hydrogen) atoms. The van der Waals surface area contributed by atoms with Gasteiger partial charge in [0.1, 0.15) is 45.5 Å². The number of carbonyl (C=O) groups excluding carboxylic acids is 3. The van der Waals surface area contributed by atoms with E-state index < -0.39 is 60.0 Å². The van der Waals surface area contributed by atoms with Crippen molar-refractivity contribution >= 4 is 47.2 Å². The van der Waals surface area contributed by atoms with Crippen LogP contribution in [0.25, 0.3) is 33.6 Å². The molecule has 334 valence electrons. The molecule has 0 spiro atoms. The monoisotopic (exact) mass is 897 g/mol. The van der Waals surface area contributed by atoms with Gasteiger partial charge in [0.15, 0.2) is 5.66 Å². The minimum absolute atomic E-state index is 0.0145. The lowest BCUT2D eigenvalue weighted by atomic mass is 10.0. The van der Waals surface area contributed by atoms with Crippen LogP contribution in [0.15, 0.2) is 48.5 Å². The molecule has 4 heterocycles. The number of halogens is 2. The first kappa shape index (κ1) is 46.3. The quantitative estimate of drug-likeness (QED) is 0.0783. The van der Waals surface area contributed by atoms with Gasteiger partial charge in [0.05, 0.1) is 31.9 Å². The Hall–Kier alpha value is -5.24. The summed E-state index contributed by atoms with van der Waals surface area (Å²) >= 11 is 13.5. The van der Waals surface area contributed by atoms with Crippen molar-refractivity contribution in [3.8, 4) is 33.6 Å². The highest BCUT2D eigenvalue weighted by atomic mass is 35.5. The van der Waals surface area contributed by atoms with Crippen molar-refractivity contribution in [2.45, 2.75) is 82.1 Å². The lowest BCUT2D eigenvalue weighted by molar-refractivity contribution is -0.147. The molecule has 0 radical (unpaired) electrons. The molecule has 2 aromatic carbocycles. The zero-order chi connectivity index (χ0) is 45.0. The van der Waals surface area contributed by atoms with Crippen molar-refractivity contribution in [1.29, 1.82) is 0 Å². The molecule has 2 aliphatic rings. The molecule has 0 unspecified atom stereocenters. The highest BCUT2D eigenvalue weighted by Crippen LogP contribution is 2.41. The number of imidazole rings is 2. The Morgan fingerprint density at radius 3 is 1.89 bits per heavy atom. The van der Waals surface area contributed by atoms with Crippen LogP contribution in [0, 0.1) is 5.92 Å². The first-order chi connectivity index (χ1) is 29.5. The summed E-state index contributed by atoms with van der Waals surface area (Å²) in [7, 11) is 5.60. The van der Waals surface area contributed by atoms with Crippen LogP contribution in [0.1, 0.15) is 63.8 Å². The van der Waals surface area contributed by atoms with Crippen molar-refractivity contribution in [1.82, 2.24) is 40.4 Å². The summed E-state index contributed by atoms with van der Waals surface area (Å²) in [5, 5.41) is 14.8. The van der Waals surface area contributed by atoms with E-state index >= 15 is 0 Å². The fraction of sp³-hybridized carbons (Fsp3) is 0.476. The van der Waals surface area contributed by atoms with Crippen molar-refractivity contribution in [3.63, 3.8) is 0 Å². The van der Waals surface area contributed by atoms with Gasteiger partial charge in [0, 0.05) is 51.0 Å². The molecule has 2 aromatic heterocycles. The average molecular weight is 899 g/mol. The summed E-state index contributed by atoms with van der Waals surface area (Å²) in [5.41, 5.74) is 8.98. The summed E-state index contributed by atoms with van der Waals surface area (Å²) < 4.78 is 20.9. The van der Waals surface area contributed by atoms with Gasteiger partial charge in [0.25, 0.3) is 5.91 Å². The number of carbonyl (C=O) groups is 4. The van der Waals surface area contributed by atoms with Crippen LogP contribution in [0.4, 0.5) is 9.59 Å². The van der Waals surface area contributed by atoms with Gasteiger partial charge in [0.2, 0.25) is 5.91 Å². The average Bonchev–Trinajstić information content (AvgIpc) is 4.06. The van der Waals surface area contributed by atoms with E-state index in [2.05, 4.69) is 20.6 Å². The van der Waals surface area contributed by atoms with E-state index in [1.54, 1.807) is 30.8 Å². The van der Waals surface area contributed by atoms with E-state index in [4.69, 9.17) is 57.9 Å². The zero-order valence-corrected chi connectivity index (χ0v) is 37.0. The Bertz CT molecular complexity index is 2240. The maximum absolute atomic E-state index is 14.1. The molecular formula is C42H53Cl2N9O9. The molecule has 8 atom stereocenters. The van der Waals surface area contributed by atoms with Crippen LogP contribution in [0.3, 0.4) is 0 Å². The smallest absolute Gasteiger partial charge is 0.408 e. The number of benzene rings is 2. The number of amides is 4. The number of likely N-dealkylation sites (tertiary alicyclic amines) is 2. The van der Waals surface area contributed by atoms with E-state index in [1.165, 1.54) is 21.3 Å². The van der Waals surface area contributed by atoms with Crippen LogP contribution in [-0.2, 0) is 28.5 Å². The number of hydrogen-bond acceptors (Lipinski definition) is 11. The maximum atomic E-state index is 14.1. The van der Waals surface area contributed by atoms with Crippen molar-refractivity contribution < 1.29 is 43.2 Å². The molecule has 6 rings (SSSR count). The largest absolute Gasteiger partial charge is 0.465 e. The molecule has 0 bridgehead atoms. The second kappa shape index (κ2) is 19.4. The molecule has 18 nitrogen and oxygen atoms in total. The van der Waals surface area contributed by atoms with E-state index in [0.29, 0.717) is 65.8 Å². The number of carboxylic acid groups (broad SMARTS) is 1. The van der Waals surface area contributed by atoms with E-state index in [0.717, 1.165) is 22.3 Å². The molecule has 2 aliphatic heterocycles. The summed E-state index contributed by atoms with van der Waals surface area (Å²) in [6, 6.07) is 13.1. The molecule has 0 aliphatic carbocycles. The molecule has 4 aromatic rings. The van der Waals surface area contributed by atoms with E-state index in [9.17, 15) is 24.3 Å². The van der Waals surface area contributed by atoms with Gasteiger partial charge in [-0.05, 0) is 51.2 Å². The number of aromatic amines is 2. The maximum Gasteiger partial charge on any atom is 0.408 e. The van der Waals surface area contributed by atoms with Gasteiger partial charge in [-0.2, -0.15) is 0 Å². The predicted octanol–water partition coefficient (Wildman–Crippen LogP) is 5.75. The summed E-state index contributed by atoms with van der Waals surface area (Å²) in [6.07, 6.45) is -2.03. The fourth-order valence-corrected chi connectivity index (χ4v) is 8.73.